The van der Waals surface area contributed by atoms with Crippen LogP contribution in [0.1, 0.15) is 27.0 Å². The van der Waals surface area contributed by atoms with Crippen LogP contribution >= 0.6 is 12.2 Å². The van der Waals surface area contributed by atoms with Gasteiger partial charge in [-0.25, -0.2) is 4.98 Å². The molecule has 6 nitrogen and oxygen atoms in total. The van der Waals surface area contributed by atoms with Crippen LogP contribution in [0.25, 0.3) is 22.7 Å². The monoisotopic (exact) mass is 416 g/mol. The summed E-state index contributed by atoms with van der Waals surface area (Å²) in [5.74, 6) is 0.230. The molecule has 0 aliphatic carbocycles. The van der Waals surface area contributed by atoms with Gasteiger partial charge in [0.2, 0.25) is 5.89 Å². The average Bonchev–Trinajstić information content (AvgIpc) is 3.12. The van der Waals surface area contributed by atoms with Gasteiger partial charge in [-0.3, -0.25) is 10.1 Å². The number of hydrogen-bond donors (Lipinski definition) is 2. The van der Waals surface area contributed by atoms with E-state index in [0.29, 0.717) is 22.7 Å². The van der Waals surface area contributed by atoms with E-state index in [9.17, 15) is 4.79 Å². The minimum Gasteiger partial charge on any atom is -0.434 e. The van der Waals surface area contributed by atoms with Gasteiger partial charge in [-0.2, -0.15) is 4.98 Å². The van der Waals surface area contributed by atoms with E-state index in [2.05, 4.69) is 20.6 Å². The summed E-state index contributed by atoms with van der Waals surface area (Å²) >= 11 is 5.36. The van der Waals surface area contributed by atoms with Crippen LogP contribution in [0.15, 0.2) is 59.1 Å². The van der Waals surface area contributed by atoms with E-state index in [1.54, 1.807) is 12.3 Å². The first-order chi connectivity index (χ1) is 14.4. The SMILES string of the molecule is Cc1cc(C)cc(C(=O)NC(=S)Nc2cccc(-c3nc4ncccc4o3)c2C)c1. The fraction of sp³-hybridized carbons (Fsp3) is 0.130. The van der Waals surface area contributed by atoms with Crippen molar-refractivity contribution in [2.45, 2.75) is 20.8 Å². The highest BCUT2D eigenvalue weighted by atomic mass is 32.1. The Bertz CT molecular complexity index is 1230. The zero-order valence-electron chi connectivity index (χ0n) is 16.8. The number of nitrogens with one attached hydrogen (secondary N) is 2. The van der Waals surface area contributed by atoms with Crippen molar-refractivity contribution in [3.8, 4) is 11.5 Å². The van der Waals surface area contributed by atoms with Crippen LogP contribution in [0.4, 0.5) is 5.69 Å². The van der Waals surface area contributed by atoms with Crippen molar-refractivity contribution in [1.29, 1.82) is 0 Å². The second-order valence-corrected chi connectivity index (χ2v) is 7.52. The summed E-state index contributed by atoms with van der Waals surface area (Å²) in [5.41, 5.74) is 6.27. The maximum atomic E-state index is 12.6. The lowest BCUT2D eigenvalue weighted by molar-refractivity contribution is 0.0977. The van der Waals surface area contributed by atoms with Crippen LogP contribution in [0, 0.1) is 20.8 Å². The number of amides is 1. The minimum absolute atomic E-state index is 0.221. The number of nitrogens with zero attached hydrogens (tertiary/aromatic N) is 2. The Morgan fingerprint density at radius 3 is 2.53 bits per heavy atom. The first-order valence-corrected chi connectivity index (χ1v) is 9.84. The van der Waals surface area contributed by atoms with Crippen molar-refractivity contribution in [2.24, 2.45) is 0 Å². The molecule has 0 aliphatic heterocycles. The third-order valence-electron chi connectivity index (χ3n) is 4.69. The Kier molecular flexibility index (Phi) is 5.29. The highest BCUT2D eigenvalue weighted by Crippen LogP contribution is 2.29. The fourth-order valence-electron chi connectivity index (χ4n) is 3.32. The van der Waals surface area contributed by atoms with Crippen molar-refractivity contribution < 1.29 is 9.21 Å². The topological polar surface area (TPSA) is 80.0 Å². The van der Waals surface area contributed by atoms with E-state index in [0.717, 1.165) is 27.9 Å². The van der Waals surface area contributed by atoms with Crippen molar-refractivity contribution in [3.05, 3.63) is 77.0 Å². The number of hydrogen-bond acceptors (Lipinski definition) is 5. The highest BCUT2D eigenvalue weighted by molar-refractivity contribution is 7.80. The molecule has 1 amide bonds. The number of oxazole rings is 1. The molecule has 2 aromatic carbocycles. The molecule has 150 valence electrons. The molecule has 0 bridgehead atoms. The van der Waals surface area contributed by atoms with Gasteiger partial charge in [-0.1, -0.05) is 23.3 Å². The zero-order valence-corrected chi connectivity index (χ0v) is 17.6. The molecule has 7 heteroatoms. The molecule has 0 saturated carbocycles. The first-order valence-electron chi connectivity index (χ1n) is 9.43. The predicted octanol–water partition coefficient (Wildman–Crippen LogP) is 4.94. The van der Waals surface area contributed by atoms with Gasteiger partial charge in [0.15, 0.2) is 16.3 Å². The summed E-state index contributed by atoms with van der Waals surface area (Å²) in [7, 11) is 0. The Balaban J connectivity index is 1.54. The normalized spacial score (nSPS) is 10.8. The van der Waals surface area contributed by atoms with Crippen LogP contribution in [0.2, 0.25) is 0 Å². The number of aromatic nitrogens is 2. The summed E-state index contributed by atoms with van der Waals surface area (Å²) in [4.78, 5) is 21.2. The lowest BCUT2D eigenvalue weighted by Crippen LogP contribution is -2.34. The summed E-state index contributed by atoms with van der Waals surface area (Å²) in [5, 5.41) is 6.06. The van der Waals surface area contributed by atoms with Crippen LogP contribution in [-0.4, -0.2) is 21.0 Å². The second kappa shape index (κ2) is 8.04. The molecule has 30 heavy (non-hydrogen) atoms. The van der Waals surface area contributed by atoms with E-state index in [1.807, 2.05) is 63.2 Å². The second-order valence-electron chi connectivity index (χ2n) is 7.11. The van der Waals surface area contributed by atoms with Gasteiger partial charge in [0.25, 0.3) is 5.91 Å². The van der Waals surface area contributed by atoms with Gasteiger partial charge in [0, 0.05) is 23.0 Å². The zero-order chi connectivity index (χ0) is 21.3. The lowest BCUT2D eigenvalue weighted by Gasteiger charge is -2.14. The van der Waals surface area contributed by atoms with Crippen LogP contribution in [0.3, 0.4) is 0 Å². The molecule has 0 fully saturated rings. The van der Waals surface area contributed by atoms with Crippen molar-refractivity contribution in [3.63, 3.8) is 0 Å². The number of rotatable bonds is 3. The maximum absolute atomic E-state index is 12.6. The summed E-state index contributed by atoms with van der Waals surface area (Å²) in [6.45, 7) is 5.85. The molecular formula is C23H20N4O2S. The largest absolute Gasteiger partial charge is 0.434 e. The molecule has 0 saturated heterocycles. The number of aryl methyl sites for hydroxylation is 2. The molecule has 0 spiro atoms. The smallest absolute Gasteiger partial charge is 0.257 e. The molecular weight excluding hydrogens is 396 g/mol. The number of thiocarbonyl (C=S) groups is 1. The third-order valence-corrected chi connectivity index (χ3v) is 4.89. The van der Waals surface area contributed by atoms with Gasteiger partial charge in [-0.15, -0.1) is 0 Å². The number of fused-ring (bicyclic) bond motifs is 1. The number of benzene rings is 2. The first kappa shape index (κ1) is 19.7. The number of carbonyl (C=O) groups is 1. The van der Waals surface area contributed by atoms with Gasteiger partial charge in [0.05, 0.1) is 0 Å². The van der Waals surface area contributed by atoms with Crippen LogP contribution in [-0.2, 0) is 0 Å². The average molecular weight is 417 g/mol. The summed E-state index contributed by atoms with van der Waals surface area (Å²) in [6, 6.07) is 15.0. The number of carbonyl (C=O) groups excluding carboxylic acids is 1. The predicted molar refractivity (Wildman–Crippen MR) is 122 cm³/mol. The molecule has 2 heterocycles. The van der Waals surface area contributed by atoms with Crippen molar-refractivity contribution in [2.75, 3.05) is 5.32 Å². The lowest BCUT2D eigenvalue weighted by atomic mass is 10.1. The highest BCUT2D eigenvalue weighted by Gasteiger charge is 2.15. The Hall–Kier alpha value is -3.58. The maximum Gasteiger partial charge on any atom is 0.257 e. The molecule has 0 atom stereocenters. The number of anilines is 1. The number of pyridine rings is 1. The van der Waals surface area contributed by atoms with Crippen LogP contribution < -0.4 is 10.6 Å². The van der Waals surface area contributed by atoms with Crippen LogP contribution in [0.5, 0.6) is 0 Å². The van der Waals surface area contributed by atoms with E-state index in [-0.39, 0.29) is 11.0 Å². The molecule has 4 rings (SSSR count). The molecule has 2 aromatic heterocycles. The Morgan fingerprint density at radius 1 is 1.03 bits per heavy atom. The fourth-order valence-corrected chi connectivity index (χ4v) is 3.52. The van der Waals surface area contributed by atoms with Gasteiger partial charge in [0.1, 0.15) is 0 Å². The summed E-state index contributed by atoms with van der Waals surface area (Å²) in [6.07, 6.45) is 1.68. The molecule has 0 aliphatic rings. The summed E-state index contributed by atoms with van der Waals surface area (Å²) < 4.78 is 5.84. The molecule has 2 N–H and O–H groups in total. The van der Waals surface area contributed by atoms with E-state index < -0.39 is 0 Å². The Labute approximate surface area is 179 Å². The van der Waals surface area contributed by atoms with Gasteiger partial charge >= 0.3 is 0 Å². The molecule has 0 unspecified atom stereocenters. The standard InChI is InChI=1S/C23H20N4O2S/c1-13-10-14(2)12-16(11-13)21(28)27-23(30)25-18-7-4-6-17(15(18)3)22-26-20-19(29-22)8-5-9-24-20/h4-12H,1-3H3,(H2,25,27,28,30). The quantitative estimate of drug-likeness (QED) is 0.461. The van der Waals surface area contributed by atoms with E-state index in [4.69, 9.17) is 16.6 Å². The van der Waals surface area contributed by atoms with Crippen molar-refractivity contribution in [1.82, 2.24) is 15.3 Å². The molecule has 0 radical (unpaired) electrons. The van der Waals surface area contributed by atoms with Crippen molar-refractivity contribution >= 4 is 40.2 Å². The Morgan fingerprint density at radius 2 is 1.80 bits per heavy atom. The van der Waals surface area contributed by atoms with E-state index in [1.165, 1.54) is 0 Å². The van der Waals surface area contributed by atoms with E-state index >= 15 is 0 Å². The molecule has 4 aromatic rings. The minimum atomic E-state index is -0.252. The third kappa shape index (κ3) is 4.06. The van der Waals surface area contributed by atoms with Gasteiger partial charge < -0.3 is 9.73 Å². The van der Waals surface area contributed by atoms with Gasteiger partial charge in [-0.05, 0) is 75.0 Å².